The average Bonchev–Trinajstić information content (AvgIpc) is 3.15. The van der Waals surface area contributed by atoms with Crippen LogP contribution < -0.4 is 10.5 Å². The molecule has 2 aliphatic heterocycles. The molecule has 2 saturated heterocycles. The number of aryl methyl sites for hydroxylation is 1. The van der Waals surface area contributed by atoms with Gasteiger partial charge in [0.2, 0.25) is 12.4 Å². The van der Waals surface area contributed by atoms with E-state index in [1.54, 1.807) is 25.0 Å². The maximum absolute atomic E-state index is 12.2. The van der Waals surface area contributed by atoms with Crippen LogP contribution in [-0.2, 0) is 16.6 Å². The number of aromatic amines is 1. The number of anilines is 1. The summed E-state index contributed by atoms with van der Waals surface area (Å²) in [5.74, 6) is 0.622. The highest BCUT2D eigenvalue weighted by atomic mass is 16.5. The molecule has 2 aromatic rings. The molecule has 10 heteroatoms. The van der Waals surface area contributed by atoms with Crippen molar-refractivity contribution in [1.29, 1.82) is 0 Å². The van der Waals surface area contributed by atoms with Gasteiger partial charge in [0, 0.05) is 59.5 Å². The Kier molecular flexibility index (Phi) is 7.32. The highest BCUT2D eigenvalue weighted by Gasteiger charge is 2.28. The SMILES string of the molecule is COC(C)(C)C.Cn1ncc2c(=O)[nH]c(N3CCN(C4CCN(C=O)CC4)CC3)nc21. The molecule has 31 heavy (non-hydrogen) atoms. The fourth-order valence-corrected chi connectivity index (χ4v) is 3.83. The molecule has 0 aliphatic carbocycles. The van der Waals surface area contributed by atoms with Gasteiger partial charge in [-0.15, -0.1) is 0 Å². The van der Waals surface area contributed by atoms with E-state index in [4.69, 9.17) is 4.74 Å². The molecule has 1 amide bonds. The van der Waals surface area contributed by atoms with Crippen molar-refractivity contribution < 1.29 is 9.53 Å². The third kappa shape index (κ3) is 5.82. The van der Waals surface area contributed by atoms with Crippen LogP contribution in [0.2, 0.25) is 0 Å². The van der Waals surface area contributed by atoms with Crippen LogP contribution >= 0.6 is 0 Å². The molecule has 0 spiro atoms. The van der Waals surface area contributed by atoms with Crippen molar-refractivity contribution in [2.24, 2.45) is 7.05 Å². The molecular formula is C21H35N7O3. The van der Waals surface area contributed by atoms with Gasteiger partial charge in [-0.3, -0.25) is 24.2 Å². The highest BCUT2D eigenvalue weighted by Crippen LogP contribution is 2.19. The Balaban J connectivity index is 0.000000401. The topological polar surface area (TPSA) is 99.6 Å². The minimum Gasteiger partial charge on any atom is -0.379 e. The maximum atomic E-state index is 12.2. The van der Waals surface area contributed by atoms with Gasteiger partial charge in [-0.2, -0.15) is 10.1 Å². The maximum Gasteiger partial charge on any atom is 0.263 e. The summed E-state index contributed by atoms with van der Waals surface area (Å²) >= 11 is 0. The number of hydrogen-bond acceptors (Lipinski definition) is 7. The number of nitrogens with one attached hydrogen (secondary N) is 1. The minimum atomic E-state index is -0.142. The number of hydrogen-bond donors (Lipinski definition) is 1. The molecular weight excluding hydrogens is 398 g/mol. The number of amides is 1. The van der Waals surface area contributed by atoms with Crippen LogP contribution in [-0.4, -0.2) is 94.0 Å². The molecule has 2 aliphatic rings. The lowest BCUT2D eigenvalue weighted by molar-refractivity contribution is -0.119. The third-order valence-corrected chi connectivity index (χ3v) is 5.98. The molecule has 0 aromatic carbocycles. The first-order valence-electron chi connectivity index (χ1n) is 10.9. The summed E-state index contributed by atoms with van der Waals surface area (Å²) in [6.45, 7) is 11.3. The monoisotopic (exact) mass is 433 g/mol. The number of piperazine rings is 1. The number of carbonyl (C=O) groups is 1. The second-order valence-electron chi connectivity index (χ2n) is 9.11. The summed E-state index contributed by atoms with van der Waals surface area (Å²) in [4.78, 5) is 37.0. The van der Waals surface area contributed by atoms with Crippen molar-refractivity contribution in [3.05, 3.63) is 16.6 Å². The molecule has 1 N–H and O–H groups in total. The van der Waals surface area contributed by atoms with Crippen molar-refractivity contribution >= 4 is 23.4 Å². The quantitative estimate of drug-likeness (QED) is 0.716. The fraction of sp³-hybridized carbons (Fsp3) is 0.714. The molecule has 10 nitrogen and oxygen atoms in total. The molecule has 4 rings (SSSR count). The van der Waals surface area contributed by atoms with Gasteiger partial charge in [0.1, 0.15) is 5.39 Å². The summed E-state index contributed by atoms with van der Waals surface area (Å²) < 4.78 is 6.57. The molecule has 0 atom stereocenters. The summed E-state index contributed by atoms with van der Waals surface area (Å²) in [6, 6.07) is 0.546. The van der Waals surface area contributed by atoms with Gasteiger partial charge in [0.15, 0.2) is 5.65 Å². The van der Waals surface area contributed by atoms with E-state index < -0.39 is 0 Å². The van der Waals surface area contributed by atoms with E-state index in [0.717, 1.165) is 58.5 Å². The predicted octanol–water partition coefficient (Wildman–Crippen LogP) is 0.831. The zero-order chi connectivity index (χ0) is 22.6. The van der Waals surface area contributed by atoms with Gasteiger partial charge in [0.25, 0.3) is 5.56 Å². The number of ether oxygens (including phenoxy) is 1. The largest absolute Gasteiger partial charge is 0.379 e. The number of fused-ring (bicyclic) bond motifs is 1. The second kappa shape index (κ2) is 9.78. The van der Waals surface area contributed by atoms with Gasteiger partial charge < -0.3 is 14.5 Å². The zero-order valence-electron chi connectivity index (χ0n) is 19.3. The first kappa shape index (κ1) is 23.2. The lowest BCUT2D eigenvalue weighted by Gasteiger charge is -2.42. The lowest BCUT2D eigenvalue weighted by Crippen LogP contribution is -2.53. The van der Waals surface area contributed by atoms with Crippen LogP contribution in [0.25, 0.3) is 11.0 Å². The summed E-state index contributed by atoms with van der Waals surface area (Å²) in [7, 11) is 3.50. The number of aromatic nitrogens is 4. The number of carbonyl (C=O) groups excluding carboxylic acids is 1. The first-order valence-corrected chi connectivity index (χ1v) is 10.9. The van der Waals surface area contributed by atoms with Gasteiger partial charge in [-0.1, -0.05) is 0 Å². The standard InChI is InChI=1S/C16H23N7O2.C5H12O/c1-20-14-13(10-17-20)15(25)19-16(18-14)23-8-6-22(7-9-23)12-2-4-21(11-24)5-3-12;1-5(2,3)6-4/h10-12H,2-9H2,1H3,(H,18,19,25);1-4H3. The van der Waals surface area contributed by atoms with Crippen molar-refractivity contribution in [3.8, 4) is 0 Å². The Morgan fingerprint density at radius 1 is 1.13 bits per heavy atom. The van der Waals surface area contributed by atoms with E-state index in [1.807, 2.05) is 25.7 Å². The van der Waals surface area contributed by atoms with Crippen LogP contribution in [0.1, 0.15) is 33.6 Å². The molecule has 2 fully saturated rings. The zero-order valence-corrected chi connectivity index (χ0v) is 19.3. The van der Waals surface area contributed by atoms with Crippen molar-refractivity contribution in [1.82, 2.24) is 29.5 Å². The molecule has 0 bridgehead atoms. The van der Waals surface area contributed by atoms with Gasteiger partial charge in [-0.25, -0.2) is 0 Å². The van der Waals surface area contributed by atoms with E-state index in [-0.39, 0.29) is 11.2 Å². The fourth-order valence-electron chi connectivity index (χ4n) is 3.83. The third-order valence-electron chi connectivity index (χ3n) is 5.98. The first-order chi connectivity index (χ1) is 14.7. The van der Waals surface area contributed by atoms with Gasteiger partial charge >= 0.3 is 0 Å². The second-order valence-corrected chi connectivity index (χ2v) is 9.11. The predicted molar refractivity (Wildman–Crippen MR) is 120 cm³/mol. The van der Waals surface area contributed by atoms with E-state index >= 15 is 0 Å². The van der Waals surface area contributed by atoms with Crippen molar-refractivity contribution in [2.45, 2.75) is 45.3 Å². The normalized spacial score (nSPS) is 18.7. The van der Waals surface area contributed by atoms with Crippen LogP contribution in [0.15, 0.2) is 11.0 Å². The van der Waals surface area contributed by atoms with Crippen molar-refractivity contribution in [2.75, 3.05) is 51.3 Å². The van der Waals surface area contributed by atoms with Crippen LogP contribution in [0.5, 0.6) is 0 Å². The number of nitrogens with zero attached hydrogens (tertiary/aromatic N) is 6. The Labute approximate surface area is 183 Å². The van der Waals surface area contributed by atoms with Crippen LogP contribution in [0, 0.1) is 0 Å². The molecule has 4 heterocycles. The summed E-state index contributed by atoms with van der Waals surface area (Å²) in [5.41, 5.74) is 0.513. The number of methoxy groups -OCH3 is 1. The Hall–Kier alpha value is -2.46. The van der Waals surface area contributed by atoms with E-state index in [9.17, 15) is 9.59 Å². The number of piperidine rings is 1. The minimum absolute atomic E-state index is 0.0417. The lowest BCUT2D eigenvalue weighted by atomic mass is 10.0. The summed E-state index contributed by atoms with van der Waals surface area (Å²) in [5, 5.41) is 4.63. The van der Waals surface area contributed by atoms with E-state index in [1.165, 1.54) is 0 Å². The van der Waals surface area contributed by atoms with E-state index in [0.29, 0.717) is 23.0 Å². The van der Waals surface area contributed by atoms with Crippen LogP contribution in [0.3, 0.4) is 0 Å². The van der Waals surface area contributed by atoms with Crippen LogP contribution in [0.4, 0.5) is 5.95 Å². The summed E-state index contributed by atoms with van der Waals surface area (Å²) in [6.07, 6.45) is 4.57. The van der Waals surface area contributed by atoms with E-state index in [2.05, 4.69) is 24.9 Å². The van der Waals surface area contributed by atoms with Gasteiger partial charge in [-0.05, 0) is 33.6 Å². The van der Waals surface area contributed by atoms with Gasteiger partial charge in [0.05, 0.1) is 11.8 Å². The number of likely N-dealkylation sites (tertiary alicyclic amines) is 1. The molecule has 0 unspecified atom stereocenters. The smallest absolute Gasteiger partial charge is 0.263 e. The molecule has 0 saturated carbocycles. The molecule has 0 radical (unpaired) electrons. The molecule has 2 aromatic heterocycles. The highest BCUT2D eigenvalue weighted by molar-refractivity contribution is 5.74. The average molecular weight is 434 g/mol. The number of H-pyrrole nitrogens is 1. The van der Waals surface area contributed by atoms with Crippen molar-refractivity contribution in [3.63, 3.8) is 0 Å². The Morgan fingerprint density at radius 3 is 2.29 bits per heavy atom. The Bertz CT molecular complexity index is 917. The molecule has 172 valence electrons. The Morgan fingerprint density at radius 2 is 1.74 bits per heavy atom. The number of rotatable bonds is 3.